The largest absolute Gasteiger partial charge is 4.00 e. The Balaban J connectivity index is -0.000000130. The van der Waals surface area contributed by atoms with Gasteiger partial charge in [0.15, 0.2) is 0 Å². The van der Waals surface area contributed by atoms with Gasteiger partial charge in [-0.1, -0.05) is 60.1 Å². The molecule has 0 aromatic carbocycles. The summed E-state index contributed by atoms with van der Waals surface area (Å²) >= 11 is 0. The smallest absolute Gasteiger partial charge is 1.00 e. The Bertz CT molecular complexity index is 449. The Kier molecular flexibility index (Phi) is 24.8. The molecule has 0 aromatic heterocycles. The molecule has 2 aliphatic rings. The molecule has 0 N–H and O–H groups in total. The van der Waals surface area contributed by atoms with Crippen LogP contribution in [0.5, 0.6) is 0 Å². The van der Waals surface area contributed by atoms with Gasteiger partial charge < -0.3 is 24.8 Å². The van der Waals surface area contributed by atoms with Gasteiger partial charge in [-0.3, -0.25) is 12.2 Å². The molecular formula is C20H33Cl2SiZr. The number of hydrogen-bond donors (Lipinski definition) is 0. The van der Waals surface area contributed by atoms with E-state index >= 15 is 0 Å². The summed E-state index contributed by atoms with van der Waals surface area (Å²) in [6.07, 6.45) is 12.5. The minimum Gasteiger partial charge on any atom is -1.00 e. The van der Waals surface area contributed by atoms with E-state index in [2.05, 4.69) is 72.9 Å². The van der Waals surface area contributed by atoms with Crippen LogP contribution in [0, 0.1) is 18.1 Å². The SMILES string of the molecule is CC1=[C-]C(C)C(C)=C1C.CCCC1=CC(C)=[C-]C1.C[SiH]C.[Cl-].[Cl-].[Zr+4]. The normalized spacial score (nSPS) is 17.5. The Morgan fingerprint density at radius 3 is 1.83 bits per heavy atom. The average Bonchev–Trinajstić information content (AvgIpc) is 2.92. The molecule has 24 heavy (non-hydrogen) atoms. The minimum atomic E-state index is 0. The molecule has 1 atom stereocenters. The molecule has 1 radical (unpaired) electrons. The van der Waals surface area contributed by atoms with Crippen molar-refractivity contribution in [3.63, 3.8) is 0 Å². The molecule has 0 saturated carbocycles. The van der Waals surface area contributed by atoms with Crippen molar-refractivity contribution >= 4 is 9.52 Å². The molecular weight excluding hydrogens is 430 g/mol. The summed E-state index contributed by atoms with van der Waals surface area (Å²) in [4.78, 5) is 0. The van der Waals surface area contributed by atoms with Crippen molar-refractivity contribution in [1.82, 2.24) is 0 Å². The van der Waals surface area contributed by atoms with Gasteiger partial charge in [-0.05, 0) is 6.42 Å². The molecule has 0 nitrogen and oxygen atoms in total. The molecule has 2 aliphatic carbocycles. The zero-order valence-electron chi connectivity index (χ0n) is 16.6. The maximum atomic E-state index is 3.36. The second kappa shape index (κ2) is 18.4. The fourth-order valence-corrected chi connectivity index (χ4v) is 2.30. The summed E-state index contributed by atoms with van der Waals surface area (Å²) < 4.78 is 0. The summed E-state index contributed by atoms with van der Waals surface area (Å²) in [5.41, 5.74) is 7.11. The monoisotopic (exact) mass is 461 g/mol. The number of halogens is 2. The van der Waals surface area contributed by atoms with Crippen molar-refractivity contribution in [3.8, 4) is 0 Å². The van der Waals surface area contributed by atoms with Gasteiger partial charge >= 0.3 is 26.2 Å². The van der Waals surface area contributed by atoms with E-state index in [-0.39, 0.29) is 51.0 Å². The van der Waals surface area contributed by atoms with Crippen LogP contribution in [0.4, 0.5) is 0 Å². The van der Waals surface area contributed by atoms with Crippen molar-refractivity contribution in [2.24, 2.45) is 5.92 Å². The van der Waals surface area contributed by atoms with Gasteiger partial charge in [-0.15, -0.1) is 13.3 Å². The van der Waals surface area contributed by atoms with Crippen LogP contribution in [0.15, 0.2) is 33.9 Å². The third-order valence-corrected chi connectivity index (χ3v) is 3.82. The summed E-state index contributed by atoms with van der Waals surface area (Å²) in [7, 11) is 0.750. The molecule has 1 unspecified atom stereocenters. The zero-order valence-corrected chi connectivity index (χ0v) is 21.7. The van der Waals surface area contributed by atoms with Gasteiger partial charge in [0.2, 0.25) is 0 Å². The molecule has 2 rings (SSSR count). The summed E-state index contributed by atoms with van der Waals surface area (Å²) in [6.45, 7) is 17.4. The first-order chi connectivity index (χ1) is 9.87. The van der Waals surface area contributed by atoms with E-state index in [1.807, 2.05) is 0 Å². The van der Waals surface area contributed by atoms with Crippen LogP contribution in [0.3, 0.4) is 0 Å². The van der Waals surface area contributed by atoms with Gasteiger partial charge in [0.25, 0.3) is 0 Å². The van der Waals surface area contributed by atoms with Crippen molar-refractivity contribution in [1.29, 1.82) is 0 Å². The predicted octanol–water partition coefficient (Wildman–Crippen LogP) is 0.113. The van der Waals surface area contributed by atoms with Crippen LogP contribution in [0.1, 0.15) is 60.8 Å². The Morgan fingerprint density at radius 2 is 1.62 bits per heavy atom. The topological polar surface area (TPSA) is 0 Å². The Hall–Kier alpha value is 0.640. The summed E-state index contributed by atoms with van der Waals surface area (Å²) in [6, 6.07) is 0. The summed E-state index contributed by atoms with van der Waals surface area (Å²) in [5, 5.41) is 0. The molecule has 0 saturated heterocycles. The van der Waals surface area contributed by atoms with Crippen molar-refractivity contribution in [2.45, 2.75) is 73.9 Å². The molecule has 0 aromatic rings. The molecule has 0 heterocycles. The first-order valence-corrected chi connectivity index (χ1v) is 10.5. The number of hydrogen-bond acceptors (Lipinski definition) is 0. The molecule has 0 spiro atoms. The van der Waals surface area contributed by atoms with Gasteiger partial charge in [0.05, 0.1) is 0 Å². The fraction of sp³-hybridized carbons (Fsp3) is 0.600. The van der Waals surface area contributed by atoms with E-state index in [1.165, 1.54) is 35.1 Å². The Labute approximate surface area is 185 Å². The minimum absolute atomic E-state index is 0. The Morgan fingerprint density at radius 1 is 1.12 bits per heavy atom. The first-order valence-electron chi connectivity index (χ1n) is 8.15. The van der Waals surface area contributed by atoms with Crippen LogP contribution in [0.2, 0.25) is 13.1 Å². The standard InChI is InChI=1S/2C9H13.C2H7Si.2ClH.Zr/c1-6-5-7(2)9(4)8(6)3;1-3-4-9-6-5-8(2)7-9;1-3-2;;;/h6H,1-4H3;7H,3-4,6H2,1-2H3;3H,1-2H3;2*1H;/q2*-1;;;;+4/p-2. The molecule has 0 aliphatic heterocycles. The zero-order chi connectivity index (χ0) is 16.4. The van der Waals surface area contributed by atoms with E-state index in [0.717, 1.165) is 15.9 Å². The van der Waals surface area contributed by atoms with Crippen LogP contribution < -0.4 is 24.8 Å². The summed E-state index contributed by atoms with van der Waals surface area (Å²) in [5.74, 6) is 0.560. The molecule has 135 valence electrons. The van der Waals surface area contributed by atoms with E-state index < -0.39 is 0 Å². The van der Waals surface area contributed by atoms with E-state index in [9.17, 15) is 0 Å². The number of allylic oxidation sites excluding steroid dienone is 8. The second-order valence-corrected chi connectivity index (χ2v) is 7.12. The molecule has 0 bridgehead atoms. The van der Waals surface area contributed by atoms with Gasteiger partial charge in [-0.2, -0.15) is 16.7 Å². The third-order valence-electron chi connectivity index (χ3n) is 3.82. The maximum Gasteiger partial charge on any atom is 4.00 e. The van der Waals surface area contributed by atoms with Crippen LogP contribution >= 0.6 is 0 Å². The van der Waals surface area contributed by atoms with Crippen molar-refractivity contribution in [3.05, 3.63) is 46.1 Å². The quantitative estimate of drug-likeness (QED) is 0.403. The second-order valence-electron chi connectivity index (χ2n) is 5.97. The number of rotatable bonds is 2. The van der Waals surface area contributed by atoms with Gasteiger partial charge in [0.1, 0.15) is 0 Å². The van der Waals surface area contributed by atoms with E-state index in [1.54, 1.807) is 5.57 Å². The molecule has 0 amide bonds. The van der Waals surface area contributed by atoms with Crippen molar-refractivity contribution < 1.29 is 51.0 Å². The predicted molar refractivity (Wildman–Crippen MR) is 98.9 cm³/mol. The molecule has 4 heteroatoms. The van der Waals surface area contributed by atoms with E-state index in [0.29, 0.717) is 5.92 Å². The van der Waals surface area contributed by atoms with Crippen molar-refractivity contribution in [2.75, 3.05) is 0 Å². The fourth-order valence-electron chi connectivity index (χ4n) is 2.30. The van der Waals surface area contributed by atoms with Gasteiger partial charge in [-0.25, -0.2) is 17.2 Å². The average molecular weight is 464 g/mol. The molecule has 0 fully saturated rings. The maximum absolute atomic E-state index is 3.36. The van der Waals surface area contributed by atoms with Crippen LogP contribution in [-0.2, 0) is 26.2 Å². The third kappa shape index (κ3) is 12.9. The first kappa shape index (κ1) is 32.3. The van der Waals surface area contributed by atoms with Crippen LogP contribution in [0.25, 0.3) is 0 Å². The van der Waals surface area contributed by atoms with Gasteiger partial charge in [0, 0.05) is 9.52 Å². The van der Waals surface area contributed by atoms with Crippen LogP contribution in [-0.4, -0.2) is 9.52 Å². The van der Waals surface area contributed by atoms with E-state index in [4.69, 9.17) is 0 Å².